The molecule has 8 heteroatoms. The first-order valence-electron chi connectivity index (χ1n) is 8.14. The van der Waals surface area contributed by atoms with Gasteiger partial charge in [-0.15, -0.1) is 0 Å². The van der Waals surface area contributed by atoms with E-state index < -0.39 is 5.82 Å². The van der Waals surface area contributed by atoms with Crippen molar-refractivity contribution < 1.29 is 9.13 Å². The Bertz CT molecular complexity index is 941. The van der Waals surface area contributed by atoms with Crippen LogP contribution in [-0.2, 0) is 6.54 Å². The van der Waals surface area contributed by atoms with Crippen molar-refractivity contribution >= 4 is 0 Å². The summed E-state index contributed by atoms with van der Waals surface area (Å²) >= 11 is 0. The molecule has 0 saturated carbocycles. The van der Waals surface area contributed by atoms with Crippen molar-refractivity contribution in [3.8, 4) is 17.3 Å². The predicted octanol–water partition coefficient (Wildman–Crippen LogP) is 2.32. The normalized spacial score (nSPS) is 10.9. The molecular weight excluding hydrogens is 337 g/mol. The van der Waals surface area contributed by atoms with Crippen LogP contribution in [0.15, 0.2) is 47.8 Å². The molecule has 0 aromatic carbocycles. The van der Waals surface area contributed by atoms with Gasteiger partial charge in [0.1, 0.15) is 5.82 Å². The number of hydrogen-bond donors (Lipinski definition) is 0. The lowest BCUT2D eigenvalue weighted by molar-refractivity contribution is 0.251. The third-order valence-electron chi connectivity index (χ3n) is 3.43. The molecule has 0 saturated heterocycles. The van der Waals surface area contributed by atoms with Crippen molar-refractivity contribution in [2.45, 2.75) is 20.4 Å². The van der Waals surface area contributed by atoms with Gasteiger partial charge < -0.3 is 4.74 Å². The molecule has 3 heterocycles. The summed E-state index contributed by atoms with van der Waals surface area (Å²) in [6.45, 7) is 4.73. The highest BCUT2D eigenvalue weighted by atomic mass is 19.1. The van der Waals surface area contributed by atoms with E-state index in [-0.39, 0.29) is 12.1 Å². The molecule has 0 spiro atoms. The molecule has 134 valence electrons. The number of pyridine rings is 1. The molecule has 0 aliphatic rings. The second-order valence-electron chi connectivity index (χ2n) is 6.19. The number of halogens is 1. The quantitative estimate of drug-likeness (QED) is 0.675. The van der Waals surface area contributed by atoms with Gasteiger partial charge in [-0.3, -0.25) is 9.78 Å². The molecule has 3 rings (SSSR count). The van der Waals surface area contributed by atoms with Gasteiger partial charge in [0.15, 0.2) is 0 Å². The van der Waals surface area contributed by atoms with Crippen molar-refractivity contribution in [2.24, 2.45) is 5.92 Å². The standard InChI is InChI=1S/C18H18FN5O2/c1-12(2)11-26-18-21-7-14(8-22-18)16-3-4-17(25)24(23-16)10-13-5-15(19)9-20-6-13/h3-9,12H,10-11H2,1-2H3. The number of hydrogen-bond acceptors (Lipinski definition) is 6. The van der Waals surface area contributed by atoms with Gasteiger partial charge in [0, 0.05) is 30.2 Å². The summed E-state index contributed by atoms with van der Waals surface area (Å²) in [5.74, 6) is -0.0853. The van der Waals surface area contributed by atoms with Gasteiger partial charge in [0.2, 0.25) is 0 Å². The Kier molecular flexibility index (Phi) is 5.31. The average molecular weight is 355 g/mol. The number of nitrogens with zero attached hydrogens (tertiary/aromatic N) is 5. The lowest BCUT2D eigenvalue weighted by Crippen LogP contribution is -2.23. The summed E-state index contributed by atoms with van der Waals surface area (Å²) in [5.41, 5.74) is 1.43. The minimum absolute atomic E-state index is 0.119. The zero-order chi connectivity index (χ0) is 18.5. The fourth-order valence-corrected chi connectivity index (χ4v) is 2.20. The van der Waals surface area contributed by atoms with E-state index in [1.165, 1.54) is 23.0 Å². The monoisotopic (exact) mass is 355 g/mol. The summed E-state index contributed by atoms with van der Waals surface area (Å²) < 4.78 is 20.0. The summed E-state index contributed by atoms with van der Waals surface area (Å²) in [5, 5.41) is 4.30. The van der Waals surface area contributed by atoms with Gasteiger partial charge in [-0.1, -0.05) is 13.8 Å². The third-order valence-corrected chi connectivity index (χ3v) is 3.43. The van der Waals surface area contributed by atoms with Crippen LogP contribution in [0, 0.1) is 11.7 Å². The molecule has 3 aromatic rings. The fourth-order valence-electron chi connectivity index (χ4n) is 2.20. The van der Waals surface area contributed by atoms with Crippen LogP contribution in [0.25, 0.3) is 11.3 Å². The highest BCUT2D eigenvalue weighted by molar-refractivity contribution is 5.55. The van der Waals surface area contributed by atoms with Crippen LogP contribution in [0.1, 0.15) is 19.4 Å². The van der Waals surface area contributed by atoms with E-state index in [9.17, 15) is 9.18 Å². The van der Waals surface area contributed by atoms with Gasteiger partial charge in [-0.2, -0.15) is 5.10 Å². The molecule has 0 atom stereocenters. The Hall–Kier alpha value is -3.16. The second-order valence-corrected chi connectivity index (χ2v) is 6.19. The van der Waals surface area contributed by atoms with Gasteiger partial charge >= 0.3 is 6.01 Å². The molecule has 0 unspecified atom stereocenters. The van der Waals surface area contributed by atoms with Gasteiger partial charge in [-0.05, 0) is 23.6 Å². The second kappa shape index (κ2) is 7.81. The van der Waals surface area contributed by atoms with Crippen LogP contribution in [0.3, 0.4) is 0 Å². The Morgan fingerprint density at radius 3 is 2.62 bits per heavy atom. The number of ether oxygens (including phenoxy) is 1. The van der Waals surface area contributed by atoms with Crippen LogP contribution in [-0.4, -0.2) is 31.3 Å². The smallest absolute Gasteiger partial charge is 0.316 e. The maximum atomic E-state index is 13.3. The Labute approximate surface area is 149 Å². The largest absolute Gasteiger partial charge is 0.463 e. The zero-order valence-corrected chi connectivity index (χ0v) is 14.5. The molecule has 26 heavy (non-hydrogen) atoms. The van der Waals surface area contributed by atoms with Crippen LogP contribution in [0.5, 0.6) is 6.01 Å². The van der Waals surface area contributed by atoms with Gasteiger partial charge in [-0.25, -0.2) is 19.0 Å². The zero-order valence-electron chi connectivity index (χ0n) is 14.5. The van der Waals surface area contributed by atoms with Crippen LogP contribution < -0.4 is 10.3 Å². The van der Waals surface area contributed by atoms with Crippen molar-refractivity contribution in [3.05, 3.63) is 64.7 Å². The topological polar surface area (TPSA) is 82.8 Å². The van der Waals surface area contributed by atoms with E-state index in [1.54, 1.807) is 18.5 Å². The Morgan fingerprint density at radius 2 is 1.92 bits per heavy atom. The SMILES string of the molecule is CC(C)COc1ncc(-c2ccc(=O)n(Cc3cncc(F)c3)n2)cn1. The fraction of sp³-hybridized carbons (Fsp3) is 0.278. The van der Waals surface area contributed by atoms with E-state index in [4.69, 9.17) is 4.74 Å². The Balaban J connectivity index is 1.81. The van der Waals surface area contributed by atoms with E-state index in [1.807, 2.05) is 13.8 Å². The lowest BCUT2D eigenvalue weighted by Gasteiger charge is -2.08. The lowest BCUT2D eigenvalue weighted by atomic mass is 10.2. The van der Waals surface area contributed by atoms with Crippen molar-refractivity contribution in [1.82, 2.24) is 24.7 Å². The molecular formula is C18H18FN5O2. The number of rotatable bonds is 6. The van der Waals surface area contributed by atoms with Crippen molar-refractivity contribution in [1.29, 1.82) is 0 Å². The highest BCUT2D eigenvalue weighted by Gasteiger charge is 2.07. The molecule has 0 amide bonds. The van der Waals surface area contributed by atoms with Gasteiger partial charge in [0.25, 0.3) is 5.56 Å². The minimum Gasteiger partial charge on any atom is -0.463 e. The molecule has 0 bridgehead atoms. The predicted molar refractivity (Wildman–Crippen MR) is 93.2 cm³/mol. The number of aromatic nitrogens is 5. The third kappa shape index (κ3) is 4.47. The molecule has 0 fully saturated rings. The van der Waals surface area contributed by atoms with E-state index in [0.717, 1.165) is 6.20 Å². The van der Waals surface area contributed by atoms with E-state index in [2.05, 4.69) is 20.1 Å². The van der Waals surface area contributed by atoms with Crippen LogP contribution in [0.4, 0.5) is 4.39 Å². The summed E-state index contributed by atoms with van der Waals surface area (Å²) in [4.78, 5) is 24.1. The highest BCUT2D eigenvalue weighted by Crippen LogP contribution is 2.15. The maximum absolute atomic E-state index is 13.3. The molecule has 0 aliphatic heterocycles. The van der Waals surface area contributed by atoms with Crippen LogP contribution in [0.2, 0.25) is 0 Å². The van der Waals surface area contributed by atoms with Crippen LogP contribution >= 0.6 is 0 Å². The first-order valence-corrected chi connectivity index (χ1v) is 8.14. The average Bonchev–Trinajstić information content (AvgIpc) is 2.62. The van der Waals surface area contributed by atoms with E-state index in [0.29, 0.717) is 35.4 Å². The molecule has 0 aliphatic carbocycles. The summed E-state index contributed by atoms with van der Waals surface area (Å²) in [7, 11) is 0. The summed E-state index contributed by atoms with van der Waals surface area (Å²) in [6, 6.07) is 4.60. The Morgan fingerprint density at radius 1 is 1.15 bits per heavy atom. The van der Waals surface area contributed by atoms with Gasteiger partial charge in [0.05, 0.1) is 25.0 Å². The molecule has 7 nitrogen and oxygen atoms in total. The van der Waals surface area contributed by atoms with Crippen molar-refractivity contribution in [2.75, 3.05) is 6.61 Å². The molecule has 3 aromatic heterocycles. The maximum Gasteiger partial charge on any atom is 0.316 e. The minimum atomic E-state index is -0.461. The van der Waals surface area contributed by atoms with E-state index >= 15 is 0 Å². The van der Waals surface area contributed by atoms with Crippen molar-refractivity contribution in [3.63, 3.8) is 0 Å². The first-order chi connectivity index (χ1) is 12.5. The molecule has 0 radical (unpaired) electrons. The first kappa shape index (κ1) is 17.7. The molecule has 0 N–H and O–H groups in total. The summed E-state index contributed by atoms with van der Waals surface area (Å²) in [6.07, 6.45) is 5.78.